The molecule has 2 fully saturated rings. The molecule has 3 atom stereocenters. The summed E-state index contributed by atoms with van der Waals surface area (Å²) in [6.45, 7) is 0.207. The Bertz CT molecular complexity index is 506. The summed E-state index contributed by atoms with van der Waals surface area (Å²) in [6, 6.07) is -0.162. The molecule has 1 N–H and O–H groups in total. The van der Waals surface area contributed by atoms with E-state index in [1.54, 1.807) is 4.90 Å². The maximum absolute atomic E-state index is 12.7. The zero-order chi connectivity index (χ0) is 14.9. The minimum absolute atomic E-state index is 0.0252. The Morgan fingerprint density at radius 1 is 1.40 bits per heavy atom. The fourth-order valence-corrected chi connectivity index (χ4v) is 4.01. The van der Waals surface area contributed by atoms with E-state index >= 15 is 0 Å². The predicted molar refractivity (Wildman–Crippen MR) is 68.1 cm³/mol. The van der Waals surface area contributed by atoms with Crippen LogP contribution in [0, 0.1) is 11.8 Å². The Morgan fingerprint density at radius 2 is 2.10 bits per heavy atom. The minimum Gasteiger partial charge on any atom is -0.481 e. The molecule has 3 unspecified atom stereocenters. The highest BCUT2D eigenvalue weighted by Gasteiger charge is 2.39. The first-order valence-corrected chi connectivity index (χ1v) is 8.26. The highest BCUT2D eigenvalue weighted by molar-refractivity contribution is 7.86. The number of carbonyl (C=O) groups is 2. The number of nitrogens with zero attached hydrogens (tertiary/aromatic N) is 1. The van der Waals surface area contributed by atoms with Gasteiger partial charge in [0.05, 0.1) is 11.7 Å². The largest absolute Gasteiger partial charge is 0.481 e. The SMILES string of the molecule is O=C(O)C1CCCC(N2CC(CS(=O)(=O)F)CC2=O)C1. The lowest BCUT2D eigenvalue weighted by molar-refractivity contribution is -0.144. The average molecular weight is 307 g/mol. The molecule has 2 rings (SSSR count). The summed E-state index contributed by atoms with van der Waals surface area (Å²) in [5, 5.41) is 9.04. The van der Waals surface area contributed by atoms with Gasteiger partial charge in [0.25, 0.3) is 0 Å². The van der Waals surface area contributed by atoms with Crippen LogP contribution < -0.4 is 0 Å². The molecular formula is C12H18FNO5S. The lowest BCUT2D eigenvalue weighted by Gasteiger charge is -2.34. The molecule has 0 aromatic rings. The van der Waals surface area contributed by atoms with E-state index in [4.69, 9.17) is 5.11 Å². The fourth-order valence-electron chi connectivity index (χ4n) is 3.23. The summed E-state index contributed by atoms with van der Waals surface area (Å²) >= 11 is 0. The van der Waals surface area contributed by atoms with Crippen molar-refractivity contribution in [2.24, 2.45) is 11.8 Å². The third kappa shape index (κ3) is 3.68. The minimum atomic E-state index is -4.58. The van der Waals surface area contributed by atoms with E-state index in [1.807, 2.05) is 0 Å². The van der Waals surface area contributed by atoms with E-state index in [2.05, 4.69) is 0 Å². The van der Waals surface area contributed by atoms with Crippen LogP contribution in [-0.4, -0.2) is 48.6 Å². The number of carbonyl (C=O) groups excluding carboxylic acids is 1. The second-order valence-electron chi connectivity index (χ2n) is 5.68. The van der Waals surface area contributed by atoms with Crippen molar-refractivity contribution >= 4 is 22.1 Å². The van der Waals surface area contributed by atoms with E-state index < -0.39 is 33.8 Å². The normalized spacial score (nSPS) is 31.6. The van der Waals surface area contributed by atoms with Crippen molar-refractivity contribution in [2.45, 2.75) is 38.1 Å². The van der Waals surface area contributed by atoms with E-state index in [0.29, 0.717) is 12.8 Å². The van der Waals surface area contributed by atoms with Crippen molar-refractivity contribution in [3.05, 3.63) is 0 Å². The molecule has 1 amide bonds. The highest BCUT2D eigenvalue weighted by Crippen LogP contribution is 2.32. The molecule has 1 heterocycles. The van der Waals surface area contributed by atoms with Gasteiger partial charge in [0.1, 0.15) is 0 Å². The second kappa shape index (κ2) is 5.67. The number of aliphatic carboxylic acids is 1. The Balaban J connectivity index is 1.99. The van der Waals surface area contributed by atoms with E-state index in [-0.39, 0.29) is 24.9 Å². The van der Waals surface area contributed by atoms with Crippen LogP contribution in [0.4, 0.5) is 3.89 Å². The van der Waals surface area contributed by atoms with Crippen LogP contribution in [0.2, 0.25) is 0 Å². The Kier molecular flexibility index (Phi) is 4.31. The number of hydrogen-bond acceptors (Lipinski definition) is 4. The first-order chi connectivity index (χ1) is 9.26. The molecule has 0 aromatic carbocycles. The molecule has 0 radical (unpaired) electrons. The standard InChI is InChI=1S/C12H18FNO5S/c13-20(18,19)7-8-4-11(15)14(6-8)10-3-1-2-9(5-10)12(16)17/h8-10H,1-7H2,(H,16,17). The van der Waals surface area contributed by atoms with Gasteiger partial charge >= 0.3 is 16.2 Å². The summed E-state index contributed by atoms with van der Waals surface area (Å²) in [6.07, 6.45) is 2.49. The van der Waals surface area contributed by atoms with Crippen LogP contribution in [0.1, 0.15) is 32.1 Å². The fraction of sp³-hybridized carbons (Fsp3) is 0.833. The quantitative estimate of drug-likeness (QED) is 0.775. The molecule has 1 aliphatic heterocycles. The summed E-state index contributed by atoms with van der Waals surface area (Å²) < 4.78 is 34.0. The zero-order valence-electron chi connectivity index (χ0n) is 11.0. The molecule has 1 saturated carbocycles. The van der Waals surface area contributed by atoms with Gasteiger partial charge in [-0.1, -0.05) is 6.42 Å². The molecule has 1 aliphatic carbocycles. The molecule has 20 heavy (non-hydrogen) atoms. The van der Waals surface area contributed by atoms with Crippen molar-refractivity contribution in [3.8, 4) is 0 Å². The zero-order valence-corrected chi connectivity index (χ0v) is 11.8. The van der Waals surface area contributed by atoms with Crippen LogP contribution in [0.5, 0.6) is 0 Å². The average Bonchev–Trinajstić information content (AvgIpc) is 2.68. The second-order valence-corrected chi connectivity index (χ2v) is 7.09. The number of rotatable bonds is 4. The van der Waals surface area contributed by atoms with Gasteiger partial charge in [-0.3, -0.25) is 9.59 Å². The monoisotopic (exact) mass is 307 g/mol. The number of likely N-dealkylation sites (tertiary alicyclic amines) is 1. The lowest BCUT2D eigenvalue weighted by atomic mass is 9.85. The van der Waals surface area contributed by atoms with E-state index in [1.165, 1.54) is 0 Å². The first-order valence-electron chi connectivity index (χ1n) is 6.71. The van der Waals surface area contributed by atoms with Crippen LogP contribution in [0.3, 0.4) is 0 Å². The maximum Gasteiger partial charge on any atom is 0.306 e. The third-order valence-corrected chi connectivity index (χ3v) is 4.98. The maximum atomic E-state index is 12.7. The summed E-state index contributed by atoms with van der Waals surface area (Å²) in [4.78, 5) is 24.5. The van der Waals surface area contributed by atoms with Gasteiger partial charge in [-0.25, -0.2) is 0 Å². The lowest BCUT2D eigenvalue weighted by Crippen LogP contribution is -2.41. The van der Waals surface area contributed by atoms with Crippen molar-refractivity contribution in [1.29, 1.82) is 0 Å². The van der Waals surface area contributed by atoms with E-state index in [9.17, 15) is 21.9 Å². The Labute approximate surface area is 117 Å². The Hall–Kier alpha value is -1.18. The molecular weight excluding hydrogens is 289 g/mol. The summed E-state index contributed by atoms with van der Waals surface area (Å²) in [5.74, 6) is -2.67. The summed E-state index contributed by atoms with van der Waals surface area (Å²) in [7, 11) is -4.58. The van der Waals surface area contributed by atoms with E-state index in [0.717, 1.165) is 12.8 Å². The van der Waals surface area contributed by atoms with Crippen LogP contribution in [0.25, 0.3) is 0 Å². The van der Waals surface area contributed by atoms with Crippen molar-refractivity contribution in [3.63, 3.8) is 0 Å². The van der Waals surface area contributed by atoms with Gasteiger partial charge in [0.15, 0.2) is 0 Å². The molecule has 2 aliphatic rings. The van der Waals surface area contributed by atoms with Crippen molar-refractivity contribution in [1.82, 2.24) is 4.90 Å². The molecule has 0 bridgehead atoms. The first kappa shape index (κ1) is 15.2. The molecule has 0 aromatic heterocycles. The van der Waals surface area contributed by atoms with Gasteiger partial charge in [0.2, 0.25) is 5.91 Å². The topological polar surface area (TPSA) is 91.8 Å². The van der Waals surface area contributed by atoms with Crippen LogP contribution in [-0.2, 0) is 19.8 Å². The van der Waals surface area contributed by atoms with Gasteiger partial charge < -0.3 is 10.0 Å². The molecule has 8 heteroatoms. The number of carboxylic acids is 1. The third-order valence-electron chi connectivity index (χ3n) is 4.11. The van der Waals surface area contributed by atoms with Gasteiger partial charge in [0, 0.05) is 24.9 Å². The van der Waals surface area contributed by atoms with Crippen molar-refractivity contribution < 1.29 is 27.0 Å². The van der Waals surface area contributed by atoms with Crippen LogP contribution >= 0.6 is 0 Å². The van der Waals surface area contributed by atoms with Gasteiger partial charge in [-0.2, -0.15) is 8.42 Å². The number of amides is 1. The van der Waals surface area contributed by atoms with Crippen LogP contribution in [0.15, 0.2) is 0 Å². The predicted octanol–water partition coefficient (Wildman–Crippen LogP) is 0.778. The smallest absolute Gasteiger partial charge is 0.306 e. The van der Waals surface area contributed by atoms with Crippen molar-refractivity contribution in [2.75, 3.05) is 12.3 Å². The number of halogens is 1. The number of carboxylic acid groups (broad SMARTS) is 1. The summed E-state index contributed by atoms with van der Waals surface area (Å²) in [5.41, 5.74) is 0. The molecule has 6 nitrogen and oxygen atoms in total. The van der Waals surface area contributed by atoms with Gasteiger partial charge in [-0.05, 0) is 19.3 Å². The molecule has 114 valence electrons. The Morgan fingerprint density at radius 3 is 2.70 bits per heavy atom. The molecule has 0 spiro atoms. The van der Waals surface area contributed by atoms with Gasteiger partial charge in [-0.15, -0.1) is 3.89 Å². The highest BCUT2D eigenvalue weighted by atomic mass is 32.3. The number of hydrogen-bond donors (Lipinski definition) is 1. The molecule has 1 saturated heterocycles.